The number of nitrogens with two attached hydrogens (primary N) is 1. The number of hydrazine groups is 1. The molecule has 4 nitrogen and oxygen atoms in total. The van der Waals surface area contributed by atoms with E-state index in [2.05, 4.69) is 5.84 Å². The van der Waals surface area contributed by atoms with E-state index < -0.39 is 0 Å². The van der Waals surface area contributed by atoms with Gasteiger partial charge in [0.2, 0.25) is 5.91 Å². The molecule has 0 aliphatic rings. The Morgan fingerprint density at radius 2 is 1.83 bits per heavy atom. The maximum Gasteiger partial charge on any atom is 0.230 e. The van der Waals surface area contributed by atoms with Crippen LogP contribution in [0, 0.1) is 0 Å². The van der Waals surface area contributed by atoms with Crippen molar-refractivity contribution in [2.24, 2.45) is 5.84 Å². The summed E-state index contributed by atoms with van der Waals surface area (Å²) in [5.74, 6) is 4.68. The van der Waals surface area contributed by atoms with Gasteiger partial charge in [-0.1, -0.05) is 18.2 Å². The molecule has 0 aliphatic heterocycles. The van der Waals surface area contributed by atoms with Gasteiger partial charge in [-0.15, -0.1) is 0 Å². The number of hydrogen-bond acceptors (Lipinski definition) is 3. The number of phenols is 1. The van der Waals surface area contributed by atoms with Gasteiger partial charge in [-0.2, -0.15) is 0 Å². The number of para-hydroxylation sites is 1. The van der Waals surface area contributed by atoms with Gasteiger partial charge in [0.1, 0.15) is 5.75 Å². The van der Waals surface area contributed by atoms with E-state index in [0.717, 1.165) is 0 Å². The molecule has 0 saturated heterocycles. The SMILES string of the molecule is CC(=O)NN.Oc1ccccc1. The second-order valence-corrected chi connectivity index (χ2v) is 2.04. The van der Waals surface area contributed by atoms with Crippen LogP contribution in [-0.4, -0.2) is 11.0 Å². The maximum absolute atomic E-state index is 9.58. The van der Waals surface area contributed by atoms with Crippen molar-refractivity contribution in [3.8, 4) is 5.75 Å². The van der Waals surface area contributed by atoms with Crippen molar-refractivity contribution in [2.45, 2.75) is 6.92 Å². The third-order valence-electron chi connectivity index (χ3n) is 0.959. The van der Waals surface area contributed by atoms with Gasteiger partial charge in [-0.05, 0) is 12.1 Å². The minimum Gasteiger partial charge on any atom is -0.508 e. The molecule has 66 valence electrons. The Labute approximate surface area is 71.0 Å². The van der Waals surface area contributed by atoms with Crippen LogP contribution < -0.4 is 11.3 Å². The molecule has 0 spiro atoms. The minimum absolute atomic E-state index is 0.218. The molecule has 0 aromatic heterocycles. The first-order valence-corrected chi connectivity index (χ1v) is 3.38. The third kappa shape index (κ3) is 6.57. The molecule has 1 aromatic rings. The molecule has 1 amide bonds. The highest BCUT2D eigenvalue weighted by molar-refractivity contribution is 5.71. The topological polar surface area (TPSA) is 75.4 Å². The van der Waals surface area contributed by atoms with Gasteiger partial charge in [-0.25, -0.2) is 5.84 Å². The fraction of sp³-hybridized carbons (Fsp3) is 0.125. The third-order valence-corrected chi connectivity index (χ3v) is 0.959. The molecule has 0 fully saturated rings. The van der Waals surface area contributed by atoms with Crippen molar-refractivity contribution in [3.05, 3.63) is 30.3 Å². The van der Waals surface area contributed by atoms with Crippen molar-refractivity contribution in [1.82, 2.24) is 5.43 Å². The van der Waals surface area contributed by atoms with Crippen LogP contribution in [0.25, 0.3) is 0 Å². The Morgan fingerprint density at radius 3 is 2.00 bits per heavy atom. The van der Waals surface area contributed by atoms with Crippen LogP contribution in [0.15, 0.2) is 30.3 Å². The molecule has 1 aromatic carbocycles. The zero-order chi connectivity index (χ0) is 9.40. The van der Waals surface area contributed by atoms with Gasteiger partial charge in [0.15, 0.2) is 0 Å². The highest BCUT2D eigenvalue weighted by Gasteiger charge is 1.74. The summed E-state index contributed by atoms with van der Waals surface area (Å²) in [6.07, 6.45) is 0. The summed E-state index contributed by atoms with van der Waals surface area (Å²) in [5.41, 5.74) is 1.89. The molecular weight excluding hydrogens is 156 g/mol. The van der Waals surface area contributed by atoms with Gasteiger partial charge in [0.25, 0.3) is 0 Å². The quantitative estimate of drug-likeness (QED) is 0.298. The van der Waals surface area contributed by atoms with Crippen LogP contribution in [0.1, 0.15) is 6.92 Å². The molecule has 0 heterocycles. The summed E-state index contributed by atoms with van der Waals surface area (Å²) < 4.78 is 0. The van der Waals surface area contributed by atoms with Crippen molar-refractivity contribution in [3.63, 3.8) is 0 Å². The predicted octanol–water partition coefficient (Wildman–Crippen LogP) is 0.388. The van der Waals surface area contributed by atoms with Crippen LogP contribution in [0.5, 0.6) is 5.75 Å². The lowest BCUT2D eigenvalue weighted by molar-refractivity contribution is -0.119. The zero-order valence-corrected chi connectivity index (χ0v) is 6.82. The molecule has 1 rings (SSSR count). The summed E-state index contributed by atoms with van der Waals surface area (Å²) >= 11 is 0. The Balaban J connectivity index is 0.000000217. The summed E-state index contributed by atoms with van der Waals surface area (Å²) in [7, 11) is 0. The average molecular weight is 168 g/mol. The lowest BCUT2D eigenvalue weighted by Crippen LogP contribution is -2.26. The Morgan fingerprint density at radius 1 is 1.42 bits per heavy atom. The highest BCUT2D eigenvalue weighted by atomic mass is 16.3. The molecule has 4 N–H and O–H groups in total. The number of amides is 1. The largest absolute Gasteiger partial charge is 0.508 e. The molecule has 0 aliphatic carbocycles. The smallest absolute Gasteiger partial charge is 0.230 e. The molecule has 12 heavy (non-hydrogen) atoms. The number of nitrogens with one attached hydrogen (secondary N) is 1. The average Bonchev–Trinajstić information content (AvgIpc) is 2.07. The normalized spacial score (nSPS) is 7.83. The Kier molecular flexibility index (Phi) is 5.38. The molecular formula is C8H12N2O2. The van der Waals surface area contributed by atoms with E-state index in [-0.39, 0.29) is 5.91 Å². The highest BCUT2D eigenvalue weighted by Crippen LogP contribution is 2.02. The Bertz CT molecular complexity index is 224. The Hall–Kier alpha value is -1.55. The van der Waals surface area contributed by atoms with Crippen molar-refractivity contribution in [2.75, 3.05) is 0 Å². The summed E-state index contributed by atoms with van der Waals surface area (Å²) in [6, 6.07) is 8.71. The van der Waals surface area contributed by atoms with Gasteiger partial charge < -0.3 is 5.11 Å². The molecule has 0 unspecified atom stereocenters. The van der Waals surface area contributed by atoms with Crippen molar-refractivity contribution >= 4 is 5.91 Å². The number of rotatable bonds is 0. The number of carbonyl (C=O) groups is 1. The number of benzene rings is 1. The van der Waals surface area contributed by atoms with Crippen LogP contribution in [-0.2, 0) is 4.79 Å². The lowest BCUT2D eigenvalue weighted by atomic mass is 10.3. The summed E-state index contributed by atoms with van der Waals surface area (Å²) in [4.78, 5) is 9.58. The number of phenolic OH excluding ortho intramolecular Hbond substituents is 1. The number of aromatic hydroxyl groups is 1. The van der Waals surface area contributed by atoms with Gasteiger partial charge in [-0.3, -0.25) is 10.2 Å². The number of hydrogen-bond donors (Lipinski definition) is 3. The first kappa shape index (κ1) is 10.4. The van der Waals surface area contributed by atoms with Gasteiger partial charge in [0.05, 0.1) is 0 Å². The molecule has 4 heteroatoms. The van der Waals surface area contributed by atoms with E-state index in [0.29, 0.717) is 5.75 Å². The number of carbonyl (C=O) groups excluding carboxylic acids is 1. The van der Waals surface area contributed by atoms with E-state index >= 15 is 0 Å². The van der Waals surface area contributed by atoms with Crippen LogP contribution in [0.4, 0.5) is 0 Å². The van der Waals surface area contributed by atoms with E-state index in [1.807, 2.05) is 11.5 Å². The maximum atomic E-state index is 9.58. The standard InChI is InChI=1S/C6H6O.C2H6N2O/c7-6-4-2-1-3-5-6;1-2(5)4-3/h1-5,7H;3H2,1H3,(H,4,5). The molecule has 0 bridgehead atoms. The fourth-order valence-electron chi connectivity index (χ4n) is 0.428. The minimum atomic E-state index is -0.218. The second-order valence-electron chi connectivity index (χ2n) is 2.04. The summed E-state index contributed by atoms with van der Waals surface area (Å²) in [6.45, 7) is 1.35. The molecule has 0 saturated carbocycles. The lowest BCUT2D eigenvalue weighted by Gasteiger charge is -1.82. The van der Waals surface area contributed by atoms with Crippen LogP contribution >= 0.6 is 0 Å². The van der Waals surface area contributed by atoms with Crippen molar-refractivity contribution < 1.29 is 9.90 Å². The molecule has 0 atom stereocenters. The van der Waals surface area contributed by atoms with Crippen LogP contribution in [0.3, 0.4) is 0 Å². The van der Waals surface area contributed by atoms with E-state index in [1.165, 1.54) is 6.92 Å². The first-order valence-electron chi connectivity index (χ1n) is 3.38. The van der Waals surface area contributed by atoms with Gasteiger partial charge >= 0.3 is 0 Å². The van der Waals surface area contributed by atoms with Gasteiger partial charge in [0, 0.05) is 6.92 Å². The molecule has 0 radical (unpaired) electrons. The van der Waals surface area contributed by atoms with Crippen molar-refractivity contribution in [1.29, 1.82) is 0 Å². The van der Waals surface area contributed by atoms with E-state index in [1.54, 1.807) is 24.3 Å². The monoisotopic (exact) mass is 168 g/mol. The first-order chi connectivity index (χ1) is 5.66. The summed E-state index contributed by atoms with van der Waals surface area (Å²) in [5, 5.41) is 8.63. The van der Waals surface area contributed by atoms with E-state index in [4.69, 9.17) is 5.11 Å². The predicted molar refractivity (Wildman–Crippen MR) is 46.1 cm³/mol. The zero-order valence-electron chi connectivity index (χ0n) is 6.82. The fourth-order valence-corrected chi connectivity index (χ4v) is 0.428. The van der Waals surface area contributed by atoms with Crippen LogP contribution in [0.2, 0.25) is 0 Å². The second kappa shape index (κ2) is 6.18. The van der Waals surface area contributed by atoms with E-state index in [9.17, 15) is 4.79 Å².